The van der Waals surface area contributed by atoms with Crippen LogP contribution in [0.3, 0.4) is 0 Å². The van der Waals surface area contributed by atoms with Gasteiger partial charge >= 0.3 is 11.8 Å². The van der Waals surface area contributed by atoms with Crippen molar-refractivity contribution >= 4 is 58.5 Å². The monoisotopic (exact) mass is 511 g/mol. The van der Waals surface area contributed by atoms with Crippen LogP contribution in [0.15, 0.2) is 27.9 Å². The fraction of sp³-hybridized carbons (Fsp3) is 0.412. The molecule has 2 atom stereocenters. The molecule has 0 saturated carbocycles. The van der Waals surface area contributed by atoms with E-state index in [0.29, 0.717) is 17.1 Å². The molecule has 2 amide bonds. The number of aliphatic carboxylic acids is 1. The Balaban J connectivity index is 1.36. The molecule has 2 aromatic heterocycles. The van der Waals surface area contributed by atoms with Gasteiger partial charge < -0.3 is 20.5 Å². The SMILES string of the molecule is Cc1nnc(SCC2=C(C(=O)O)N3C(=O)[C@H](NC(=O)CCn4ccc([N+](=O)[O-])n4)[C@H]3SC2)s1. The number of carboxylic acids is 1. The quantitative estimate of drug-likeness (QED) is 0.212. The molecule has 0 bridgehead atoms. The number of β-lactam (4-membered cyclic amide) rings is 1. The molecule has 2 aliphatic rings. The number of aryl methyl sites for hydroxylation is 2. The molecule has 2 N–H and O–H groups in total. The van der Waals surface area contributed by atoms with Crippen molar-refractivity contribution in [3.05, 3.63) is 38.7 Å². The molecule has 0 aromatic carbocycles. The molecule has 0 unspecified atom stereocenters. The van der Waals surface area contributed by atoms with E-state index >= 15 is 0 Å². The van der Waals surface area contributed by atoms with Crippen molar-refractivity contribution in [1.29, 1.82) is 0 Å². The maximum atomic E-state index is 12.7. The molecular formula is C17H17N7O6S3. The number of thioether (sulfide) groups is 2. The van der Waals surface area contributed by atoms with Gasteiger partial charge in [0.05, 0.1) is 23.9 Å². The number of amides is 2. The van der Waals surface area contributed by atoms with Crippen LogP contribution < -0.4 is 5.32 Å². The van der Waals surface area contributed by atoms with Gasteiger partial charge in [-0.25, -0.2) is 4.79 Å². The van der Waals surface area contributed by atoms with E-state index in [-0.39, 0.29) is 24.5 Å². The topological polar surface area (TPSA) is 173 Å². The minimum Gasteiger partial charge on any atom is -0.477 e. The minimum atomic E-state index is -1.19. The lowest BCUT2D eigenvalue weighted by Gasteiger charge is -2.49. The zero-order valence-electron chi connectivity index (χ0n) is 17.0. The van der Waals surface area contributed by atoms with Crippen LogP contribution in [0.25, 0.3) is 0 Å². The van der Waals surface area contributed by atoms with E-state index in [9.17, 15) is 29.6 Å². The molecule has 1 fully saturated rings. The molecule has 16 heteroatoms. The Labute approximate surface area is 198 Å². The largest absolute Gasteiger partial charge is 0.477 e. The maximum Gasteiger partial charge on any atom is 0.389 e. The van der Waals surface area contributed by atoms with Gasteiger partial charge in [-0.2, -0.15) is 4.68 Å². The summed E-state index contributed by atoms with van der Waals surface area (Å²) in [4.78, 5) is 48.2. The van der Waals surface area contributed by atoms with Gasteiger partial charge in [0.15, 0.2) is 4.34 Å². The molecule has 0 aliphatic carbocycles. The van der Waals surface area contributed by atoms with Crippen molar-refractivity contribution in [3.8, 4) is 0 Å². The Morgan fingerprint density at radius 2 is 2.21 bits per heavy atom. The number of aromatic nitrogens is 4. The summed E-state index contributed by atoms with van der Waals surface area (Å²) in [7, 11) is 0. The van der Waals surface area contributed by atoms with E-state index < -0.39 is 34.1 Å². The van der Waals surface area contributed by atoms with Gasteiger partial charge in [0.25, 0.3) is 5.91 Å². The van der Waals surface area contributed by atoms with Crippen LogP contribution >= 0.6 is 34.9 Å². The smallest absolute Gasteiger partial charge is 0.389 e. The Morgan fingerprint density at radius 1 is 1.42 bits per heavy atom. The van der Waals surface area contributed by atoms with Crippen molar-refractivity contribution in [1.82, 2.24) is 30.2 Å². The van der Waals surface area contributed by atoms with E-state index in [0.717, 1.165) is 9.35 Å². The van der Waals surface area contributed by atoms with E-state index in [2.05, 4.69) is 20.6 Å². The second-order valence-electron chi connectivity index (χ2n) is 7.03. The number of nitro groups is 1. The lowest BCUT2D eigenvalue weighted by atomic mass is 10.0. The molecule has 4 heterocycles. The Morgan fingerprint density at radius 3 is 2.85 bits per heavy atom. The van der Waals surface area contributed by atoms with E-state index in [1.54, 1.807) is 0 Å². The number of hydrogen-bond donors (Lipinski definition) is 2. The third-order valence-corrected chi connectivity index (χ3v) is 8.22. The lowest BCUT2D eigenvalue weighted by molar-refractivity contribution is -0.389. The number of hydrogen-bond acceptors (Lipinski definition) is 11. The first-order valence-electron chi connectivity index (χ1n) is 9.54. The second-order valence-corrected chi connectivity index (χ2v) is 10.5. The number of nitrogens with zero attached hydrogens (tertiary/aromatic N) is 6. The van der Waals surface area contributed by atoms with Crippen molar-refractivity contribution in [3.63, 3.8) is 0 Å². The van der Waals surface area contributed by atoms with Crippen molar-refractivity contribution < 1.29 is 24.4 Å². The minimum absolute atomic E-state index is 0.0369. The van der Waals surface area contributed by atoms with Crippen molar-refractivity contribution in [2.45, 2.75) is 35.6 Å². The molecule has 2 aliphatic heterocycles. The van der Waals surface area contributed by atoms with Crippen LogP contribution in [0.2, 0.25) is 0 Å². The molecule has 0 spiro atoms. The highest BCUT2D eigenvalue weighted by Crippen LogP contribution is 2.41. The summed E-state index contributed by atoms with van der Waals surface area (Å²) >= 11 is 4.17. The zero-order valence-corrected chi connectivity index (χ0v) is 19.5. The Bertz CT molecular complexity index is 1160. The first-order valence-corrected chi connectivity index (χ1v) is 12.4. The highest BCUT2D eigenvalue weighted by molar-refractivity contribution is 8.01. The molecule has 13 nitrogen and oxygen atoms in total. The molecule has 4 rings (SSSR count). The normalized spacial score (nSPS) is 19.8. The molecule has 2 aromatic rings. The molecule has 0 radical (unpaired) electrons. The fourth-order valence-electron chi connectivity index (χ4n) is 3.31. The van der Waals surface area contributed by atoms with Gasteiger partial charge in [-0.05, 0) is 17.4 Å². The number of carbonyl (C=O) groups excluding carboxylic acids is 2. The van der Waals surface area contributed by atoms with Crippen LogP contribution in [-0.4, -0.2) is 75.6 Å². The average Bonchev–Trinajstić information content (AvgIpc) is 3.42. The summed E-state index contributed by atoms with van der Waals surface area (Å²) in [6.45, 7) is 1.94. The van der Waals surface area contributed by atoms with E-state index in [1.807, 2.05) is 6.92 Å². The number of carboxylic acid groups (broad SMARTS) is 1. The van der Waals surface area contributed by atoms with Crippen LogP contribution in [0.1, 0.15) is 11.4 Å². The average molecular weight is 512 g/mol. The predicted molar refractivity (Wildman–Crippen MR) is 119 cm³/mol. The van der Waals surface area contributed by atoms with Crippen LogP contribution in [0, 0.1) is 17.0 Å². The Kier molecular flexibility index (Phi) is 6.66. The van der Waals surface area contributed by atoms with Gasteiger partial charge in [0, 0.05) is 17.9 Å². The van der Waals surface area contributed by atoms with E-state index in [1.165, 1.54) is 56.7 Å². The number of carbonyl (C=O) groups is 3. The van der Waals surface area contributed by atoms with E-state index in [4.69, 9.17) is 0 Å². The highest BCUT2D eigenvalue weighted by atomic mass is 32.2. The number of nitrogens with one attached hydrogen (secondary N) is 1. The lowest BCUT2D eigenvalue weighted by Crippen LogP contribution is -2.70. The van der Waals surface area contributed by atoms with Gasteiger partial charge in [-0.1, -0.05) is 23.1 Å². The van der Waals surface area contributed by atoms with Crippen LogP contribution in [0.4, 0.5) is 5.82 Å². The molecule has 1 saturated heterocycles. The summed E-state index contributed by atoms with van der Waals surface area (Å²) in [5.41, 5.74) is 0.562. The van der Waals surface area contributed by atoms with Crippen molar-refractivity contribution in [2.24, 2.45) is 0 Å². The first-order chi connectivity index (χ1) is 15.7. The third kappa shape index (κ3) is 4.86. The maximum absolute atomic E-state index is 12.7. The van der Waals surface area contributed by atoms with Gasteiger partial charge in [0.1, 0.15) is 22.1 Å². The van der Waals surface area contributed by atoms with Crippen LogP contribution in [-0.2, 0) is 20.9 Å². The Hall–Kier alpha value is -2.98. The summed E-state index contributed by atoms with van der Waals surface area (Å²) in [5, 5.41) is 35.0. The summed E-state index contributed by atoms with van der Waals surface area (Å²) in [6, 6.07) is 0.398. The first kappa shape index (κ1) is 23.2. The fourth-order valence-corrected chi connectivity index (χ4v) is 6.62. The summed E-state index contributed by atoms with van der Waals surface area (Å²) < 4.78 is 2.00. The standard InChI is InChI=1S/C17H17N7O6S3/c1-8-19-20-17(33-8)32-7-9-6-31-15-12(14(26)23(15)13(9)16(27)28)18-11(25)3-5-22-4-2-10(21-22)24(29)30/h2,4,12,15H,3,5-7H2,1H3,(H,18,25)(H,27,28)/t12-,15+/m0/s1. The van der Waals surface area contributed by atoms with Crippen LogP contribution in [0.5, 0.6) is 0 Å². The third-order valence-electron chi connectivity index (χ3n) is 4.83. The van der Waals surface area contributed by atoms with Gasteiger partial charge in [0.2, 0.25) is 5.91 Å². The molecular weight excluding hydrogens is 494 g/mol. The summed E-state index contributed by atoms with van der Waals surface area (Å²) in [5.74, 6) is -1.65. The van der Waals surface area contributed by atoms with Gasteiger partial charge in [-0.3, -0.25) is 14.5 Å². The van der Waals surface area contributed by atoms with Crippen molar-refractivity contribution in [2.75, 3.05) is 11.5 Å². The predicted octanol–water partition coefficient (Wildman–Crippen LogP) is 0.872. The number of fused-ring (bicyclic) bond motifs is 1. The zero-order chi connectivity index (χ0) is 23.7. The van der Waals surface area contributed by atoms with Gasteiger partial charge in [-0.15, -0.1) is 22.0 Å². The molecule has 174 valence electrons. The molecule has 33 heavy (non-hydrogen) atoms. The highest BCUT2D eigenvalue weighted by Gasteiger charge is 2.54. The second kappa shape index (κ2) is 9.48. The summed E-state index contributed by atoms with van der Waals surface area (Å²) in [6.07, 6.45) is 1.36. The number of rotatable bonds is 9.